The average Bonchev–Trinajstić information content (AvgIpc) is 3.21. The maximum Gasteiger partial charge on any atom is 0.322 e. The zero-order valence-corrected chi connectivity index (χ0v) is 19.2. The molecule has 2 aromatic carbocycles. The summed E-state index contributed by atoms with van der Waals surface area (Å²) in [7, 11) is 0. The predicted molar refractivity (Wildman–Crippen MR) is 127 cm³/mol. The second kappa shape index (κ2) is 11.5. The van der Waals surface area contributed by atoms with Gasteiger partial charge >= 0.3 is 12.0 Å². The standard InChI is InChI=1S/C23H25ClN4O6/c1-14(29)34-13-20(31)11-25-16-6-8-17(9-7-16)26-22(32)21-10-19(30)12-28(21)23(33)27-18-4-2-15(24)3-5-18/h2-9,19,21,25,30H,10-13H2,1H3,(H,26,32)(H,27,33)/t19-,21-/m1/s1. The lowest BCUT2D eigenvalue weighted by Gasteiger charge is -2.24. The first kappa shape index (κ1) is 25.0. The molecule has 180 valence electrons. The van der Waals surface area contributed by atoms with Crippen molar-refractivity contribution in [3.05, 3.63) is 53.6 Å². The number of carbonyl (C=O) groups is 4. The number of ether oxygens (including phenoxy) is 1. The fourth-order valence-electron chi connectivity index (χ4n) is 3.35. The molecule has 0 unspecified atom stereocenters. The van der Waals surface area contributed by atoms with E-state index in [2.05, 4.69) is 20.7 Å². The van der Waals surface area contributed by atoms with Crippen molar-refractivity contribution in [1.29, 1.82) is 0 Å². The van der Waals surface area contributed by atoms with Crippen molar-refractivity contribution in [2.45, 2.75) is 25.5 Å². The second-order valence-electron chi connectivity index (χ2n) is 7.73. The Hall–Kier alpha value is -3.63. The highest BCUT2D eigenvalue weighted by molar-refractivity contribution is 6.30. The second-order valence-corrected chi connectivity index (χ2v) is 8.17. The minimum atomic E-state index is -0.848. The van der Waals surface area contributed by atoms with Crippen LogP contribution < -0.4 is 16.0 Å². The molecule has 3 rings (SSSR count). The van der Waals surface area contributed by atoms with E-state index in [1.807, 2.05) is 0 Å². The van der Waals surface area contributed by atoms with E-state index in [4.69, 9.17) is 11.6 Å². The van der Waals surface area contributed by atoms with Crippen LogP contribution in [-0.2, 0) is 19.1 Å². The SMILES string of the molecule is CC(=O)OCC(=O)CNc1ccc(NC(=O)[C@H]2C[C@@H](O)CN2C(=O)Nc2ccc(Cl)cc2)cc1. The summed E-state index contributed by atoms with van der Waals surface area (Å²) in [5, 5.41) is 18.9. The number of carbonyl (C=O) groups excluding carboxylic acids is 4. The first-order chi connectivity index (χ1) is 16.2. The van der Waals surface area contributed by atoms with Gasteiger partial charge in [-0.05, 0) is 48.5 Å². The largest absolute Gasteiger partial charge is 0.458 e. The van der Waals surface area contributed by atoms with E-state index in [9.17, 15) is 24.3 Å². The lowest BCUT2D eigenvalue weighted by atomic mass is 10.1. The number of nitrogens with one attached hydrogen (secondary N) is 3. The van der Waals surface area contributed by atoms with E-state index < -0.39 is 30.1 Å². The zero-order chi connectivity index (χ0) is 24.7. The van der Waals surface area contributed by atoms with Gasteiger partial charge in [0.1, 0.15) is 6.04 Å². The predicted octanol–water partition coefficient (Wildman–Crippen LogP) is 2.49. The van der Waals surface area contributed by atoms with Crippen LogP contribution in [-0.4, -0.2) is 65.5 Å². The summed E-state index contributed by atoms with van der Waals surface area (Å²) < 4.78 is 4.64. The summed E-state index contributed by atoms with van der Waals surface area (Å²) in [6, 6.07) is 11.8. The monoisotopic (exact) mass is 488 g/mol. The van der Waals surface area contributed by atoms with Crippen molar-refractivity contribution in [2.24, 2.45) is 0 Å². The molecule has 0 aromatic heterocycles. The van der Waals surface area contributed by atoms with Crippen molar-refractivity contribution < 1.29 is 29.0 Å². The number of rotatable bonds is 8. The Bertz CT molecular complexity index is 1040. The van der Waals surface area contributed by atoms with E-state index in [1.165, 1.54) is 11.8 Å². The number of aliphatic hydroxyl groups is 1. The summed E-state index contributed by atoms with van der Waals surface area (Å²) in [6.45, 7) is 0.940. The number of β-amino-alcohol motifs (C(OH)–C–C–N with tert-alkyl or cyclic N) is 1. The molecular formula is C23H25ClN4O6. The fraction of sp³-hybridized carbons (Fsp3) is 0.304. The number of Topliss-reactive ketones (excluding diaryl/α,β-unsaturated/α-hetero) is 1. The van der Waals surface area contributed by atoms with E-state index in [0.29, 0.717) is 22.1 Å². The molecule has 1 saturated heterocycles. The van der Waals surface area contributed by atoms with Gasteiger partial charge in [0.2, 0.25) is 5.91 Å². The minimum Gasteiger partial charge on any atom is -0.458 e. The molecule has 1 aliphatic heterocycles. The number of benzene rings is 2. The lowest BCUT2D eigenvalue weighted by Crippen LogP contribution is -2.45. The summed E-state index contributed by atoms with van der Waals surface area (Å²) in [6.07, 6.45) is -0.702. The molecular weight excluding hydrogens is 464 g/mol. The molecule has 2 aromatic rings. The Balaban J connectivity index is 1.54. The molecule has 0 aliphatic carbocycles. The van der Waals surface area contributed by atoms with Crippen molar-refractivity contribution in [2.75, 3.05) is 35.6 Å². The van der Waals surface area contributed by atoms with Gasteiger partial charge in [0.05, 0.1) is 12.6 Å². The first-order valence-corrected chi connectivity index (χ1v) is 10.9. The van der Waals surface area contributed by atoms with Gasteiger partial charge in [0.15, 0.2) is 12.4 Å². The third kappa shape index (κ3) is 7.19. The minimum absolute atomic E-state index is 0.0172. The van der Waals surface area contributed by atoms with E-state index >= 15 is 0 Å². The number of amides is 3. The van der Waals surface area contributed by atoms with Crippen LogP contribution in [0.25, 0.3) is 0 Å². The maximum atomic E-state index is 12.8. The molecule has 0 spiro atoms. The number of urea groups is 1. The van der Waals surface area contributed by atoms with Crippen molar-refractivity contribution in [1.82, 2.24) is 4.90 Å². The molecule has 10 nitrogen and oxygen atoms in total. The van der Waals surface area contributed by atoms with Crippen molar-refractivity contribution in [3.8, 4) is 0 Å². The topological polar surface area (TPSA) is 137 Å². The van der Waals surface area contributed by atoms with Crippen LogP contribution in [0, 0.1) is 0 Å². The molecule has 4 N–H and O–H groups in total. The van der Waals surface area contributed by atoms with Crippen LogP contribution in [0.2, 0.25) is 5.02 Å². The molecule has 34 heavy (non-hydrogen) atoms. The molecule has 2 atom stereocenters. The van der Waals surface area contributed by atoms with Gasteiger partial charge in [0.25, 0.3) is 0 Å². The van der Waals surface area contributed by atoms with Gasteiger partial charge in [-0.25, -0.2) is 4.79 Å². The zero-order valence-electron chi connectivity index (χ0n) is 18.4. The maximum absolute atomic E-state index is 12.8. The molecule has 11 heteroatoms. The highest BCUT2D eigenvalue weighted by Gasteiger charge is 2.39. The Morgan fingerprint density at radius 2 is 1.59 bits per heavy atom. The normalized spacial score (nSPS) is 17.1. The smallest absolute Gasteiger partial charge is 0.322 e. The van der Waals surface area contributed by atoms with Gasteiger partial charge in [-0.3, -0.25) is 14.4 Å². The third-order valence-corrected chi connectivity index (χ3v) is 5.27. The number of halogens is 1. The highest BCUT2D eigenvalue weighted by Crippen LogP contribution is 2.22. The van der Waals surface area contributed by atoms with Gasteiger partial charge < -0.3 is 30.7 Å². The van der Waals surface area contributed by atoms with Gasteiger partial charge in [0, 0.05) is 42.0 Å². The van der Waals surface area contributed by atoms with E-state index in [0.717, 1.165) is 0 Å². The van der Waals surface area contributed by atoms with Crippen LogP contribution >= 0.6 is 11.6 Å². The fourth-order valence-corrected chi connectivity index (χ4v) is 3.47. The summed E-state index contributed by atoms with van der Waals surface area (Å²) in [5.41, 5.74) is 1.64. The van der Waals surface area contributed by atoms with Gasteiger partial charge in [-0.1, -0.05) is 11.6 Å². The number of aliphatic hydroxyl groups excluding tert-OH is 1. The Morgan fingerprint density at radius 3 is 2.24 bits per heavy atom. The summed E-state index contributed by atoms with van der Waals surface area (Å²) in [5.74, 6) is -1.24. The first-order valence-electron chi connectivity index (χ1n) is 10.5. The average molecular weight is 489 g/mol. The number of hydrogen-bond acceptors (Lipinski definition) is 7. The number of likely N-dealkylation sites (tertiary alicyclic amines) is 1. The Labute approximate surface area is 201 Å². The third-order valence-electron chi connectivity index (χ3n) is 5.02. The van der Waals surface area contributed by atoms with Crippen molar-refractivity contribution in [3.63, 3.8) is 0 Å². The van der Waals surface area contributed by atoms with Gasteiger partial charge in [-0.15, -0.1) is 0 Å². The molecule has 1 fully saturated rings. The molecule has 3 amide bonds. The van der Waals surface area contributed by atoms with E-state index in [1.54, 1.807) is 48.5 Å². The molecule has 0 saturated carbocycles. The quantitative estimate of drug-likeness (QED) is 0.419. The van der Waals surface area contributed by atoms with Crippen LogP contribution in [0.4, 0.5) is 21.9 Å². The number of esters is 1. The van der Waals surface area contributed by atoms with Crippen LogP contribution in [0.5, 0.6) is 0 Å². The highest BCUT2D eigenvalue weighted by atomic mass is 35.5. The Kier molecular flexibility index (Phi) is 8.44. The molecule has 0 bridgehead atoms. The molecule has 1 aliphatic rings. The lowest BCUT2D eigenvalue weighted by molar-refractivity contribution is -0.145. The summed E-state index contributed by atoms with van der Waals surface area (Å²) >= 11 is 5.86. The number of hydrogen-bond donors (Lipinski definition) is 4. The Morgan fingerprint density at radius 1 is 1.00 bits per heavy atom. The molecule has 1 heterocycles. The van der Waals surface area contributed by atoms with Crippen molar-refractivity contribution >= 4 is 52.4 Å². The van der Waals surface area contributed by atoms with Gasteiger partial charge in [-0.2, -0.15) is 0 Å². The van der Waals surface area contributed by atoms with Crippen LogP contribution in [0.1, 0.15) is 13.3 Å². The number of nitrogens with zero attached hydrogens (tertiary/aromatic N) is 1. The molecule has 0 radical (unpaired) electrons. The summed E-state index contributed by atoms with van der Waals surface area (Å²) in [4.78, 5) is 49.2. The van der Waals surface area contributed by atoms with E-state index in [-0.39, 0.29) is 31.9 Å². The van der Waals surface area contributed by atoms with Crippen LogP contribution in [0.3, 0.4) is 0 Å². The number of ketones is 1. The van der Waals surface area contributed by atoms with Crippen LogP contribution in [0.15, 0.2) is 48.5 Å². The number of anilines is 3.